The van der Waals surface area contributed by atoms with Gasteiger partial charge in [0.15, 0.2) is 16.8 Å². The van der Waals surface area contributed by atoms with Crippen LogP contribution in [-0.4, -0.2) is 56.4 Å². The van der Waals surface area contributed by atoms with E-state index in [0.29, 0.717) is 5.56 Å². The summed E-state index contributed by atoms with van der Waals surface area (Å²) in [7, 11) is 1.66. The lowest BCUT2D eigenvalue weighted by Gasteiger charge is -2.31. The third-order valence-electron chi connectivity index (χ3n) is 6.52. The molecule has 2 aromatic heterocycles. The molecule has 0 saturated carbocycles. The number of fused-ring (bicyclic) bond motifs is 1. The van der Waals surface area contributed by atoms with Crippen molar-refractivity contribution >= 4 is 28.4 Å². The summed E-state index contributed by atoms with van der Waals surface area (Å²) in [5.41, 5.74) is 2.64. The van der Waals surface area contributed by atoms with Crippen molar-refractivity contribution in [1.82, 2.24) is 24.6 Å². The lowest BCUT2D eigenvalue weighted by Crippen LogP contribution is -2.33. The highest BCUT2D eigenvalue weighted by atomic mass is 32.2. The summed E-state index contributed by atoms with van der Waals surface area (Å²) in [6, 6.07) is 15.9. The number of para-hydroxylation sites is 1. The Morgan fingerprint density at radius 2 is 1.85 bits per heavy atom. The van der Waals surface area contributed by atoms with Crippen LogP contribution in [0.5, 0.6) is 5.75 Å². The number of hydrogen-bond donors (Lipinski definition) is 1. The smallest absolute Gasteiger partial charge is 0.196 e. The fourth-order valence-electron chi connectivity index (χ4n) is 4.60. The van der Waals surface area contributed by atoms with Crippen LogP contribution in [-0.2, 0) is 0 Å². The van der Waals surface area contributed by atoms with Crippen molar-refractivity contribution < 1.29 is 9.53 Å². The van der Waals surface area contributed by atoms with Crippen LogP contribution < -0.4 is 4.74 Å². The van der Waals surface area contributed by atoms with E-state index >= 15 is 0 Å². The van der Waals surface area contributed by atoms with Crippen molar-refractivity contribution in [1.29, 1.82) is 0 Å². The van der Waals surface area contributed by atoms with Crippen molar-refractivity contribution in [2.45, 2.75) is 37.4 Å². The first kappa shape index (κ1) is 22.7. The Morgan fingerprint density at radius 1 is 1.09 bits per heavy atom. The molecular weight excluding hydrogens is 446 g/mol. The van der Waals surface area contributed by atoms with Crippen molar-refractivity contribution in [2.24, 2.45) is 0 Å². The third kappa shape index (κ3) is 4.48. The first-order valence-electron chi connectivity index (χ1n) is 11.7. The molecule has 0 aliphatic carbocycles. The van der Waals surface area contributed by atoms with E-state index in [9.17, 15) is 4.79 Å². The molecule has 2 aromatic carbocycles. The van der Waals surface area contributed by atoms with Crippen LogP contribution in [0, 0.1) is 0 Å². The van der Waals surface area contributed by atoms with Crippen LogP contribution in [0.2, 0.25) is 0 Å². The number of aromatic nitrogens is 4. The van der Waals surface area contributed by atoms with Gasteiger partial charge in [0, 0.05) is 28.4 Å². The molecule has 0 amide bonds. The van der Waals surface area contributed by atoms with Gasteiger partial charge in [-0.05, 0) is 63.2 Å². The van der Waals surface area contributed by atoms with Crippen molar-refractivity contribution in [2.75, 3.05) is 26.0 Å². The number of H-pyrrole nitrogens is 1. The number of carbonyl (C=O) groups is 1. The van der Waals surface area contributed by atoms with Crippen LogP contribution in [0.25, 0.3) is 16.6 Å². The number of likely N-dealkylation sites (tertiary alicyclic amines) is 1. The highest BCUT2D eigenvalue weighted by Crippen LogP contribution is 2.31. The molecule has 1 N–H and O–H groups in total. The Hall–Kier alpha value is -3.10. The Kier molecular flexibility index (Phi) is 6.69. The molecule has 7 nitrogen and oxygen atoms in total. The molecule has 34 heavy (non-hydrogen) atoms. The van der Waals surface area contributed by atoms with E-state index in [1.807, 2.05) is 48.5 Å². The summed E-state index contributed by atoms with van der Waals surface area (Å²) < 4.78 is 7.43. The van der Waals surface area contributed by atoms with E-state index in [1.54, 1.807) is 13.3 Å². The van der Waals surface area contributed by atoms with Gasteiger partial charge in [0.05, 0.1) is 18.9 Å². The van der Waals surface area contributed by atoms with E-state index < -0.39 is 0 Å². The number of nitrogens with one attached hydrogen (secondary N) is 1. The largest absolute Gasteiger partial charge is 0.497 e. The molecule has 1 fully saturated rings. The average Bonchev–Trinajstić information content (AvgIpc) is 3.52. The lowest BCUT2D eigenvalue weighted by atomic mass is 10.1. The summed E-state index contributed by atoms with van der Waals surface area (Å²) in [5.74, 6) is 2.05. The Labute approximate surface area is 203 Å². The molecule has 1 saturated heterocycles. The molecule has 8 heteroatoms. The second kappa shape index (κ2) is 10.0. The predicted molar refractivity (Wildman–Crippen MR) is 135 cm³/mol. The quantitative estimate of drug-likeness (QED) is 0.276. The minimum Gasteiger partial charge on any atom is -0.497 e. The van der Waals surface area contributed by atoms with Gasteiger partial charge >= 0.3 is 0 Å². The standard InChI is InChI=1S/C26H29N5O2S/c1-18(30-14-6-3-7-15-30)25-28-29-26(31(25)19-10-12-20(33-2)13-11-19)34-17-24(32)22-16-27-23-9-5-4-8-21(22)23/h4-5,8-13,16,18,27H,3,6-7,14-15,17H2,1-2H3. The molecular formula is C26H29N5O2S. The zero-order valence-electron chi connectivity index (χ0n) is 19.5. The van der Waals surface area contributed by atoms with Crippen LogP contribution >= 0.6 is 11.8 Å². The molecule has 5 rings (SSSR count). The van der Waals surface area contributed by atoms with Crippen LogP contribution in [0.3, 0.4) is 0 Å². The molecule has 0 spiro atoms. The molecule has 1 atom stereocenters. The van der Waals surface area contributed by atoms with E-state index in [1.165, 1.54) is 31.0 Å². The van der Waals surface area contributed by atoms with E-state index in [2.05, 4.69) is 31.6 Å². The molecule has 4 aromatic rings. The fourth-order valence-corrected chi connectivity index (χ4v) is 5.44. The van der Waals surface area contributed by atoms with Crippen LogP contribution in [0.1, 0.15) is 48.4 Å². The number of aromatic amines is 1. The molecule has 1 unspecified atom stereocenters. The van der Waals surface area contributed by atoms with Gasteiger partial charge in [0.1, 0.15) is 5.75 Å². The SMILES string of the molecule is COc1ccc(-n2c(SCC(=O)c3c[nH]c4ccccc34)nnc2C(C)N2CCCCC2)cc1. The molecule has 176 valence electrons. The minimum atomic E-state index is 0.0670. The number of Topliss-reactive ketones (excluding diaryl/α,β-unsaturated/α-hetero) is 1. The second-order valence-electron chi connectivity index (χ2n) is 8.61. The Morgan fingerprint density at radius 3 is 2.62 bits per heavy atom. The maximum atomic E-state index is 13.1. The third-order valence-corrected chi connectivity index (χ3v) is 7.45. The molecule has 0 bridgehead atoms. The van der Waals surface area contributed by atoms with Gasteiger partial charge in [-0.3, -0.25) is 14.3 Å². The number of rotatable bonds is 8. The summed E-state index contributed by atoms with van der Waals surface area (Å²) in [6.45, 7) is 4.33. The number of carbonyl (C=O) groups excluding carboxylic acids is 1. The van der Waals surface area contributed by atoms with Crippen molar-refractivity contribution in [3.63, 3.8) is 0 Å². The number of ketones is 1. The summed E-state index contributed by atoms with van der Waals surface area (Å²) >= 11 is 1.43. The van der Waals surface area contributed by atoms with Crippen molar-refractivity contribution in [3.05, 3.63) is 66.1 Å². The van der Waals surface area contributed by atoms with E-state index in [-0.39, 0.29) is 17.6 Å². The maximum absolute atomic E-state index is 13.1. The fraction of sp³-hybridized carbons (Fsp3) is 0.346. The van der Waals surface area contributed by atoms with Gasteiger partial charge in [0.25, 0.3) is 0 Å². The van der Waals surface area contributed by atoms with Gasteiger partial charge < -0.3 is 9.72 Å². The Balaban J connectivity index is 1.43. The van der Waals surface area contributed by atoms with Crippen molar-refractivity contribution in [3.8, 4) is 11.4 Å². The number of nitrogens with zero attached hydrogens (tertiary/aromatic N) is 4. The zero-order chi connectivity index (χ0) is 23.5. The van der Waals surface area contributed by atoms with Gasteiger partial charge in [0.2, 0.25) is 0 Å². The topological polar surface area (TPSA) is 76.0 Å². The van der Waals surface area contributed by atoms with E-state index in [0.717, 1.165) is 46.4 Å². The monoisotopic (exact) mass is 475 g/mol. The second-order valence-corrected chi connectivity index (χ2v) is 9.55. The molecule has 3 heterocycles. The van der Waals surface area contributed by atoms with Crippen LogP contribution in [0.4, 0.5) is 0 Å². The van der Waals surface area contributed by atoms with Gasteiger partial charge in [-0.15, -0.1) is 10.2 Å². The first-order valence-corrected chi connectivity index (χ1v) is 12.7. The normalized spacial score (nSPS) is 15.5. The van der Waals surface area contributed by atoms with Gasteiger partial charge in [-0.1, -0.05) is 36.4 Å². The predicted octanol–water partition coefficient (Wildman–Crippen LogP) is 5.28. The van der Waals surface area contributed by atoms with E-state index in [4.69, 9.17) is 4.74 Å². The van der Waals surface area contributed by atoms with Gasteiger partial charge in [-0.25, -0.2) is 0 Å². The number of ether oxygens (including phenoxy) is 1. The minimum absolute atomic E-state index is 0.0670. The summed E-state index contributed by atoms with van der Waals surface area (Å²) in [4.78, 5) is 18.8. The summed E-state index contributed by atoms with van der Waals surface area (Å²) in [6.07, 6.45) is 5.50. The Bertz CT molecular complexity index is 1270. The highest BCUT2D eigenvalue weighted by Gasteiger charge is 2.26. The summed E-state index contributed by atoms with van der Waals surface area (Å²) in [5, 5.41) is 10.8. The van der Waals surface area contributed by atoms with Crippen LogP contribution in [0.15, 0.2) is 59.9 Å². The average molecular weight is 476 g/mol. The number of benzene rings is 2. The highest BCUT2D eigenvalue weighted by molar-refractivity contribution is 7.99. The molecule has 1 aliphatic rings. The number of piperidine rings is 1. The number of hydrogen-bond acceptors (Lipinski definition) is 6. The zero-order valence-corrected chi connectivity index (χ0v) is 20.3. The molecule has 0 radical (unpaired) electrons. The lowest BCUT2D eigenvalue weighted by molar-refractivity contribution is 0.102. The number of methoxy groups -OCH3 is 1. The molecule has 1 aliphatic heterocycles. The maximum Gasteiger partial charge on any atom is 0.196 e. The first-order chi connectivity index (χ1) is 16.7. The van der Waals surface area contributed by atoms with Gasteiger partial charge in [-0.2, -0.15) is 0 Å². The number of thioether (sulfide) groups is 1.